The molecule has 0 bridgehead atoms. The molecule has 0 spiro atoms. The number of methoxy groups -OCH3 is 1. The minimum absolute atomic E-state index is 0. The van der Waals surface area contributed by atoms with Crippen LogP contribution in [0.3, 0.4) is 0 Å². The summed E-state index contributed by atoms with van der Waals surface area (Å²) < 4.78 is 10.3. The van der Waals surface area contributed by atoms with Crippen molar-refractivity contribution >= 4 is 12.4 Å². The quantitative estimate of drug-likeness (QED) is 0.790. The molecule has 0 heterocycles. The topological polar surface area (TPSA) is 44.5 Å². The van der Waals surface area contributed by atoms with Crippen molar-refractivity contribution in [3.63, 3.8) is 0 Å². The molecule has 0 saturated carbocycles. The fraction of sp³-hybridized carbons (Fsp3) is 0.455. The third-order valence-corrected chi connectivity index (χ3v) is 1.96. The van der Waals surface area contributed by atoms with Gasteiger partial charge in [0.1, 0.15) is 12.4 Å². The van der Waals surface area contributed by atoms with E-state index in [0.717, 1.165) is 11.3 Å². The maximum absolute atomic E-state index is 5.72. The van der Waals surface area contributed by atoms with Gasteiger partial charge in [0.25, 0.3) is 0 Å². The van der Waals surface area contributed by atoms with Gasteiger partial charge in [0.2, 0.25) is 0 Å². The summed E-state index contributed by atoms with van der Waals surface area (Å²) >= 11 is 0. The van der Waals surface area contributed by atoms with Gasteiger partial charge in [-0.3, -0.25) is 0 Å². The van der Waals surface area contributed by atoms with Crippen LogP contribution < -0.4 is 10.5 Å². The van der Waals surface area contributed by atoms with Crippen LogP contribution in [0.5, 0.6) is 5.75 Å². The van der Waals surface area contributed by atoms with Crippen LogP contribution in [-0.4, -0.2) is 20.3 Å². The highest BCUT2D eigenvalue weighted by Gasteiger charge is 1.99. The highest BCUT2D eigenvalue weighted by Crippen LogP contribution is 2.15. The molecule has 0 aliphatic heterocycles. The molecule has 0 aliphatic carbocycles. The number of ether oxygens (including phenoxy) is 2. The molecule has 4 heteroatoms. The fourth-order valence-electron chi connectivity index (χ4n) is 1.11. The lowest BCUT2D eigenvalue weighted by atomic mass is 10.1. The molecule has 0 aliphatic rings. The van der Waals surface area contributed by atoms with Crippen molar-refractivity contribution in [2.24, 2.45) is 5.73 Å². The molecule has 3 nitrogen and oxygen atoms in total. The maximum Gasteiger partial charge on any atom is 0.119 e. The van der Waals surface area contributed by atoms with Gasteiger partial charge in [0.05, 0.1) is 6.61 Å². The molecule has 15 heavy (non-hydrogen) atoms. The number of hydrogen-bond donors (Lipinski definition) is 1. The van der Waals surface area contributed by atoms with Gasteiger partial charge in [-0.15, -0.1) is 12.4 Å². The van der Waals surface area contributed by atoms with E-state index in [-0.39, 0.29) is 18.4 Å². The van der Waals surface area contributed by atoms with Crippen molar-refractivity contribution in [2.45, 2.75) is 13.0 Å². The van der Waals surface area contributed by atoms with Crippen molar-refractivity contribution in [3.8, 4) is 5.75 Å². The monoisotopic (exact) mass is 231 g/mol. The molecule has 0 aromatic heterocycles. The lowest BCUT2D eigenvalue weighted by Crippen LogP contribution is -2.06. The first-order valence-corrected chi connectivity index (χ1v) is 4.71. The van der Waals surface area contributed by atoms with Gasteiger partial charge in [-0.05, 0) is 24.6 Å². The molecule has 0 radical (unpaired) electrons. The normalized spacial score (nSPS) is 11.7. The smallest absolute Gasteiger partial charge is 0.119 e. The molecule has 1 atom stereocenters. The number of hydrogen-bond acceptors (Lipinski definition) is 3. The third-order valence-electron chi connectivity index (χ3n) is 1.96. The summed E-state index contributed by atoms with van der Waals surface area (Å²) in [4.78, 5) is 0. The Bertz CT molecular complexity index is 262. The first-order chi connectivity index (χ1) is 6.74. The number of rotatable bonds is 5. The summed E-state index contributed by atoms with van der Waals surface area (Å²) in [5.41, 5.74) is 6.84. The van der Waals surface area contributed by atoms with Crippen LogP contribution in [0.2, 0.25) is 0 Å². The highest BCUT2D eigenvalue weighted by molar-refractivity contribution is 5.85. The van der Waals surface area contributed by atoms with Crippen molar-refractivity contribution in [3.05, 3.63) is 29.8 Å². The molecule has 0 amide bonds. The second kappa shape index (κ2) is 7.51. The van der Waals surface area contributed by atoms with E-state index in [0.29, 0.717) is 13.2 Å². The molecule has 0 fully saturated rings. The van der Waals surface area contributed by atoms with Crippen LogP contribution >= 0.6 is 12.4 Å². The fourth-order valence-corrected chi connectivity index (χ4v) is 1.11. The second-order valence-corrected chi connectivity index (χ2v) is 3.20. The van der Waals surface area contributed by atoms with E-state index in [2.05, 4.69) is 0 Å². The minimum atomic E-state index is 0. The Morgan fingerprint density at radius 2 is 1.80 bits per heavy atom. The summed E-state index contributed by atoms with van der Waals surface area (Å²) in [7, 11) is 1.66. The van der Waals surface area contributed by atoms with E-state index in [4.69, 9.17) is 15.2 Å². The molecule has 2 N–H and O–H groups in total. The van der Waals surface area contributed by atoms with Gasteiger partial charge in [-0.1, -0.05) is 12.1 Å². The molecular weight excluding hydrogens is 214 g/mol. The Hall–Kier alpha value is -0.770. The van der Waals surface area contributed by atoms with Gasteiger partial charge in [-0.25, -0.2) is 0 Å². The molecule has 86 valence electrons. The lowest BCUT2D eigenvalue weighted by molar-refractivity contribution is 0.146. The highest BCUT2D eigenvalue weighted by atomic mass is 35.5. The van der Waals surface area contributed by atoms with Crippen LogP contribution in [0, 0.1) is 0 Å². The first kappa shape index (κ1) is 14.2. The molecule has 1 aromatic rings. The van der Waals surface area contributed by atoms with Crippen LogP contribution in [0.15, 0.2) is 24.3 Å². The van der Waals surface area contributed by atoms with E-state index < -0.39 is 0 Å². The van der Waals surface area contributed by atoms with Crippen LogP contribution in [-0.2, 0) is 4.74 Å². The Morgan fingerprint density at radius 3 is 2.27 bits per heavy atom. The van der Waals surface area contributed by atoms with E-state index in [9.17, 15) is 0 Å². The van der Waals surface area contributed by atoms with E-state index in [1.54, 1.807) is 7.11 Å². The predicted molar refractivity (Wildman–Crippen MR) is 63.7 cm³/mol. The average molecular weight is 232 g/mol. The lowest BCUT2D eigenvalue weighted by Gasteiger charge is -2.08. The number of benzene rings is 1. The zero-order valence-electron chi connectivity index (χ0n) is 9.10. The van der Waals surface area contributed by atoms with Crippen LogP contribution in [0.1, 0.15) is 18.5 Å². The van der Waals surface area contributed by atoms with Crippen LogP contribution in [0.4, 0.5) is 0 Å². The summed E-state index contributed by atoms with van der Waals surface area (Å²) in [6.07, 6.45) is 0. The van der Waals surface area contributed by atoms with Gasteiger partial charge >= 0.3 is 0 Å². The van der Waals surface area contributed by atoms with Crippen molar-refractivity contribution in [2.75, 3.05) is 20.3 Å². The Morgan fingerprint density at radius 1 is 1.20 bits per heavy atom. The Kier molecular flexibility index (Phi) is 7.13. The molecule has 1 unspecified atom stereocenters. The van der Waals surface area contributed by atoms with Crippen molar-refractivity contribution in [1.82, 2.24) is 0 Å². The Labute approximate surface area is 97.0 Å². The summed E-state index contributed by atoms with van der Waals surface area (Å²) in [6, 6.07) is 7.88. The van der Waals surface area contributed by atoms with Gasteiger partial charge in [-0.2, -0.15) is 0 Å². The molecule has 1 aromatic carbocycles. The largest absolute Gasteiger partial charge is 0.491 e. The zero-order valence-corrected chi connectivity index (χ0v) is 9.92. The van der Waals surface area contributed by atoms with Gasteiger partial charge in [0.15, 0.2) is 0 Å². The zero-order chi connectivity index (χ0) is 10.4. The van der Waals surface area contributed by atoms with Crippen LogP contribution in [0.25, 0.3) is 0 Å². The SMILES string of the molecule is COCCOc1ccc(C(C)N)cc1.Cl. The number of nitrogens with two attached hydrogens (primary N) is 1. The average Bonchev–Trinajstić information content (AvgIpc) is 2.19. The van der Waals surface area contributed by atoms with E-state index in [1.165, 1.54) is 0 Å². The molecular formula is C11H18ClNO2. The summed E-state index contributed by atoms with van der Waals surface area (Å²) in [6.45, 7) is 3.14. The van der Waals surface area contributed by atoms with Gasteiger partial charge in [0, 0.05) is 13.2 Å². The molecule has 1 rings (SSSR count). The summed E-state index contributed by atoms with van der Waals surface area (Å²) in [5.74, 6) is 0.853. The summed E-state index contributed by atoms with van der Waals surface area (Å²) in [5, 5.41) is 0. The number of halogens is 1. The first-order valence-electron chi connectivity index (χ1n) is 4.71. The third kappa shape index (κ3) is 5.02. The van der Waals surface area contributed by atoms with Crippen molar-refractivity contribution in [1.29, 1.82) is 0 Å². The minimum Gasteiger partial charge on any atom is -0.491 e. The molecule has 0 saturated heterocycles. The maximum atomic E-state index is 5.72. The standard InChI is InChI=1S/C11H17NO2.ClH/c1-9(12)10-3-5-11(6-4-10)14-8-7-13-2;/h3-6,9H,7-8,12H2,1-2H3;1H. The van der Waals surface area contributed by atoms with Crippen molar-refractivity contribution < 1.29 is 9.47 Å². The second-order valence-electron chi connectivity index (χ2n) is 3.20. The van der Waals surface area contributed by atoms with E-state index in [1.807, 2.05) is 31.2 Å². The van der Waals surface area contributed by atoms with E-state index >= 15 is 0 Å². The Balaban J connectivity index is 0.00000196. The van der Waals surface area contributed by atoms with Gasteiger partial charge < -0.3 is 15.2 Å². The predicted octanol–water partition coefficient (Wildman–Crippen LogP) is 2.15.